The molecule has 0 N–H and O–H groups in total. The van der Waals surface area contributed by atoms with Gasteiger partial charge < -0.3 is 9.64 Å². The fourth-order valence-electron chi connectivity index (χ4n) is 3.54. The highest BCUT2D eigenvalue weighted by Gasteiger charge is 2.44. The van der Waals surface area contributed by atoms with Crippen molar-refractivity contribution in [3.05, 3.63) is 71.8 Å². The quantitative estimate of drug-likeness (QED) is 0.645. The van der Waals surface area contributed by atoms with Gasteiger partial charge in [-0.15, -0.1) is 0 Å². The van der Waals surface area contributed by atoms with Gasteiger partial charge in [-0.25, -0.2) is 0 Å². The van der Waals surface area contributed by atoms with Gasteiger partial charge in [0.25, 0.3) is 0 Å². The molecule has 2 aromatic rings. The van der Waals surface area contributed by atoms with Gasteiger partial charge in [0.05, 0.1) is 5.41 Å². The van der Waals surface area contributed by atoms with Crippen LogP contribution >= 0.6 is 0 Å². The van der Waals surface area contributed by atoms with Crippen LogP contribution in [0.25, 0.3) is 0 Å². The number of benzene rings is 2. The zero-order valence-electron chi connectivity index (χ0n) is 19.1. The van der Waals surface area contributed by atoms with E-state index in [0.717, 1.165) is 11.1 Å². The lowest BCUT2D eigenvalue weighted by Crippen LogP contribution is -2.47. The molecule has 0 spiro atoms. The second kappa shape index (κ2) is 9.00. The van der Waals surface area contributed by atoms with Gasteiger partial charge in [-0.05, 0) is 45.0 Å². The van der Waals surface area contributed by atoms with Crippen molar-refractivity contribution in [1.29, 1.82) is 0 Å². The molecule has 2 atom stereocenters. The maximum Gasteiger partial charge on any atom is 0.302 e. The molecule has 0 heterocycles. The summed E-state index contributed by atoms with van der Waals surface area (Å²) >= 11 is 0. The number of hydrogen-bond acceptors (Lipinski definition) is 3. The van der Waals surface area contributed by atoms with Crippen LogP contribution in [0.4, 0.5) is 0 Å². The first-order valence-electron chi connectivity index (χ1n) is 10.5. The van der Waals surface area contributed by atoms with E-state index in [2.05, 4.69) is 11.8 Å². The molecule has 0 unspecified atom stereocenters. The van der Waals surface area contributed by atoms with Crippen molar-refractivity contribution in [2.45, 2.75) is 51.1 Å². The predicted molar refractivity (Wildman–Crippen MR) is 107 cm³/mol. The maximum atomic E-state index is 12.1. The summed E-state index contributed by atoms with van der Waals surface area (Å²) in [5.74, 6) is -0.479. The summed E-state index contributed by atoms with van der Waals surface area (Å²) in [6.45, 7) is 1.19. The maximum absolute atomic E-state index is 12.1. The molecule has 0 saturated carbocycles. The van der Waals surface area contributed by atoms with Crippen LogP contribution in [0.1, 0.15) is 48.8 Å². The minimum Gasteiger partial charge on any atom is -0.461 e. The Kier molecular flexibility index (Phi) is 5.56. The van der Waals surface area contributed by atoms with E-state index >= 15 is 0 Å². The van der Waals surface area contributed by atoms with Gasteiger partial charge in [-0.3, -0.25) is 4.79 Å². The summed E-state index contributed by atoms with van der Waals surface area (Å²) < 4.78 is 29.5. The Bertz CT molecular complexity index is 736. The molecule has 3 heteroatoms. The van der Waals surface area contributed by atoms with Gasteiger partial charge in [0.2, 0.25) is 0 Å². The number of carbonyl (C=O) groups excluding carboxylic acids is 1. The number of esters is 1. The Labute approximate surface area is 162 Å². The lowest BCUT2D eigenvalue weighted by Gasteiger charge is -2.43. The van der Waals surface area contributed by atoms with E-state index < -0.39 is 24.3 Å². The highest BCUT2D eigenvalue weighted by molar-refractivity contribution is 5.66. The Morgan fingerprint density at radius 1 is 1.08 bits per heavy atom. The molecule has 140 valence electrons. The minimum atomic E-state index is -2.24. The molecular formula is C23H31NO2. The van der Waals surface area contributed by atoms with E-state index in [1.807, 2.05) is 74.8 Å². The van der Waals surface area contributed by atoms with E-state index in [-0.39, 0.29) is 12.5 Å². The third kappa shape index (κ3) is 4.34. The Morgan fingerprint density at radius 3 is 1.96 bits per heavy atom. The van der Waals surface area contributed by atoms with Crippen LogP contribution in [0.15, 0.2) is 60.7 Å². The Balaban J connectivity index is 2.79. The summed E-state index contributed by atoms with van der Waals surface area (Å²) in [5.41, 5.74) is 1.08. The highest BCUT2D eigenvalue weighted by atomic mass is 16.5. The highest BCUT2D eigenvalue weighted by Crippen LogP contribution is 2.43. The van der Waals surface area contributed by atoms with Crippen LogP contribution in [-0.2, 0) is 14.9 Å². The van der Waals surface area contributed by atoms with Gasteiger partial charge in [0, 0.05) is 17.1 Å². The van der Waals surface area contributed by atoms with Crippen molar-refractivity contribution < 1.29 is 13.6 Å². The molecule has 0 aromatic heterocycles. The van der Waals surface area contributed by atoms with Gasteiger partial charge >= 0.3 is 5.97 Å². The van der Waals surface area contributed by atoms with Crippen molar-refractivity contribution in [2.24, 2.45) is 0 Å². The van der Waals surface area contributed by atoms with E-state index in [1.54, 1.807) is 0 Å². The molecule has 26 heavy (non-hydrogen) atoms. The van der Waals surface area contributed by atoms with Gasteiger partial charge in [-0.2, -0.15) is 0 Å². The SMILES string of the molecule is [2H]C([2H])([2H])C[C@H](OC(C)=O)C(C[C@@H](C)N(C)C)(c1ccccc1)c1ccccc1. The summed E-state index contributed by atoms with van der Waals surface area (Å²) in [6, 6.07) is 19.7. The largest absolute Gasteiger partial charge is 0.461 e. The molecule has 3 nitrogen and oxygen atoms in total. The minimum absolute atomic E-state index is 0.116. The van der Waals surface area contributed by atoms with E-state index in [9.17, 15) is 4.79 Å². The van der Waals surface area contributed by atoms with Crippen LogP contribution < -0.4 is 0 Å². The molecule has 2 rings (SSSR count). The van der Waals surface area contributed by atoms with Crippen LogP contribution in [0.5, 0.6) is 0 Å². The Morgan fingerprint density at radius 2 is 1.58 bits per heavy atom. The zero-order chi connectivity index (χ0) is 21.7. The number of carbonyl (C=O) groups is 1. The molecular weight excluding hydrogens is 322 g/mol. The van der Waals surface area contributed by atoms with Gasteiger partial charge in [0.15, 0.2) is 0 Å². The van der Waals surface area contributed by atoms with E-state index in [1.165, 1.54) is 6.92 Å². The second-order valence-electron chi connectivity index (χ2n) is 7.02. The second-order valence-corrected chi connectivity index (χ2v) is 7.02. The Hall–Kier alpha value is -2.13. The van der Waals surface area contributed by atoms with Crippen LogP contribution in [0.2, 0.25) is 0 Å². The van der Waals surface area contributed by atoms with Crippen molar-refractivity contribution in [2.75, 3.05) is 14.1 Å². The third-order valence-corrected chi connectivity index (χ3v) is 5.12. The molecule has 0 amide bonds. The average Bonchev–Trinajstić information content (AvgIpc) is 2.65. The number of rotatable bonds is 8. The molecule has 0 aliphatic rings. The van der Waals surface area contributed by atoms with E-state index in [4.69, 9.17) is 8.85 Å². The van der Waals surface area contributed by atoms with Crippen LogP contribution in [0.3, 0.4) is 0 Å². The molecule has 2 aromatic carbocycles. The fourth-order valence-corrected chi connectivity index (χ4v) is 3.54. The average molecular weight is 357 g/mol. The standard InChI is InChI=1S/C23H31NO2/c1-6-22(26-19(3)25)23(17-18(2)24(4)5,20-13-9-7-10-14-20)21-15-11-8-12-16-21/h7-16,18,22H,6,17H2,1-5H3/t18-,22+/m1/s1/i1D3. The summed E-state index contributed by atoms with van der Waals surface area (Å²) in [5, 5.41) is 0. The summed E-state index contributed by atoms with van der Waals surface area (Å²) in [7, 11) is 3.99. The first-order valence-corrected chi connectivity index (χ1v) is 9.01. The van der Waals surface area contributed by atoms with Crippen molar-refractivity contribution in [1.82, 2.24) is 4.90 Å². The smallest absolute Gasteiger partial charge is 0.302 e. The molecule has 0 fully saturated rings. The number of hydrogen-bond donors (Lipinski definition) is 0. The van der Waals surface area contributed by atoms with Gasteiger partial charge in [0.1, 0.15) is 6.10 Å². The predicted octanol–water partition coefficient (Wildman–Crippen LogP) is 4.65. The molecule has 0 aliphatic carbocycles. The fraction of sp³-hybridized carbons (Fsp3) is 0.435. The van der Waals surface area contributed by atoms with Crippen LogP contribution in [0, 0.1) is 0 Å². The zero-order valence-corrected chi connectivity index (χ0v) is 16.1. The first-order chi connectivity index (χ1) is 13.6. The normalized spacial score (nSPS) is 16.3. The molecule has 0 aliphatic heterocycles. The monoisotopic (exact) mass is 356 g/mol. The lowest BCUT2D eigenvalue weighted by molar-refractivity contribution is -0.150. The van der Waals surface area contributed by atoms with Crippen molar-refractivity contribution >= 4 is 5.97 Å². The van der Waals surface area contributed by atoms with Gasteiger partial charge in [-0.1, -0.05) is 67.5 Å². The first kappa shape index (κ1) is 16.1. The summed E-state index contributed by atoms with van der Waals surface area (Å²) in [6.07, 6.45) is -0.460. The van der Waals surface area contributed by atoms with Crippen LogP contribution in [-0.4, -0.2) is 37.1 Å². The van der Waals surface area contributed by atoms with Crippen molar-refractivity contribution in [3.8, 4) is 0 Å². The third-order valence-electron chi connectivity index (χ3n) is 5.12. The molecule has 0 saturated heterocycles. The van der Waals surface area contributed by atoms with Crippen molar-refractivity contribution in [3.63, 3.8) is 0 Å². The lowest BCUT2D eigenvalue weighted by atomic mass is 9.66. The number of ether oxygens (including phenoxy) is 1. The molecule has 0 bridgehead atoms. The topological polar surface area (TPSA) is 29.5 Å². The summed E-state index contributed by atoms with van der Waals surface area (Å²) in [4.78, 5) is 14.2. The van der Waals surface area contributed by atoms with E-state index in [0.29, 0.717) is 6.42 Å². The number of nitrogens with zero attached hydrogens (tertiary/aromatic N) is 1. The molecule has 0 radical (unpaired) electrons.